The predicted octanol–water partition coefficient (Wildman–Crippen LogP) is 8.57. The lowest BCUT2D eigenvalue weighted by Gasteiger charge is -2.37. The third-order valence-electron chi connectivity index (χ3n) is 11.1. The number of aromatic hydroxyl groups is 2. The maximum Gasteiger partial charge on any atom is 0.329 e. The van der Waals surface area contributed by atoms with Crippen LogP contribution in [0.4, 0.5) is 21.0 Å². The zero-order valence-electron chi connectivity index (χ0n) is 34.9. The van der Waals surface area contributed by atoms with Gasteiger partial charge in [0, 0.05) is 81.1 Å². The van der Waals surface area contributed by atoms with Gasteiger partial charge in [0.25, 0.3) is 0 Å². The maximum atomic E-state index is 12.9. The molecule has 15 heteroatoms. The fourth-order valence-corrected chi connectivity index (χ4v) is 7.56. The van der Waals surface area contributed by atoms with Crippen molar-refractivity contribution in [2.75, 3.05) is 64.3 Å². The van der Waals surface area contributed by atoms with Crippen molar-refractivity contribution in [1.29, 1.82) is 0 Å². The number of nitrogens with zero attached hydrogens (tertiary/aromatic N) is 7. The molecule has 2 aromatic heterocycles. The van der Waals surface area contributed by atoms with Crippen molar-refractivity contribution in [3.63, 3.8) is 0 Å². The van der Waals surface area contributed by atoms with E-state index in [0.717, 1.165) is 80.2 Å². The first-order valence-corrected chi connectivity index (χ1v) is 20.5. The highest BCUT2D eigenvalue weighted by atomic mass is 35.5. The summed E-state index contributed by atoms with van der Waals surface area (Å²) in [6, 6.07) is 30.4. The number of H-pyrrole nitrogens is 1. The highest BCUT2D eigenvalue weighted by molar-refractivity contribution is 6.62. The zero-order valence-corrected chi connectivity index (χ0v) is 35.7. The average Bonchev–Trinajstić information content (AvgIpc) is 4.04. The zero-order chi connectivity index (χ0) is 43.3. The molecule has 0 spiro atoms. The number of methoxy groups -OCH3 is 2. The first-order valence-electron chi connectivity index (χ1n) is 20.1. The molecule has 14 nitrogen and oxygen atoms in total. The van der Waals surface area contributed by atoms with Crippen molar-refractivity contribution < 1.29 is 29.3 Å². The van der Waals surface area contributed by atoms with E-state index in [4.69, 9.17) is 21.1 Å². The molecule has 2 saturated heterocycles. The number of piperidine rings is 2. The number of rotatable bonds is 8. The van der Waals surface area contributed by atoms with E-state index < -0.39 is 0 Å². The molecule has 0 radical (unpaired) electrons. The van der Waals surface area contributed by atoms with Crippen molar-refractivity contribution in [3.05, 3.63) is 122 Å². The molecule has 0 atom stereocenters. The second-order valence-electron chi connectivity index (χ2n) is 14.8. The van der Waals surface area contributed by atoms with E-state index in [1.54, 1.807) is 86.2 Å². The van der Waals surface area contributed by atoms with Gasteiger partial charge in [-0.2, -0.15) is 0 Å². The number of hydrogen-bond acceptors (Lipinski definition) is 10. The topological polar surface area (TPSA) is 153 Å². The number of carbonyl (C=O) groups excluding carboxylic acids is 2. The number of hydrogen-bond donors (Lipinski definition) is 3. The van der Waals surface area contributed by atoms with Crippen molar-refractivity contribution >= 4 is 34.4 Å². The third kappa shape index (κ3) is 11.8. The van der Waals surface area contributed by atoms with Crippen LogP contribution in [0.3, 0.4) is 0 Å². The molecular formula is C46H53ClN8O6. The molecule has 0 bridgehead atoms. The monoisotopic (exact) mass is 848 g/mol. The number of halogens is 1. The highest BCUT2D eigenvalue weighted by Crippen LogP contribution is 2.27. The Morgan fingerprint density at radius 2 is 1.21 bits per heavy atom. The normalized spacial score (nSPS) is 14.2. The number of carbonyl (C=O) groups is 2. The van der Waals surface area contributed by atoms with E-state index >= 15 is 0 Å². The Bertz CT molecular complexity index is 2290. The Balaban J connectivity index is 0.000000170. The maximum absolute atomic E-state index is 12.9. The van der Waals surface area contributed by atoms with E-state index in [0.29, 0.717) is 5.69 Å². The molecule has 0 unspecified atom stereocenters. The van der Waals surface area contributed by atoms with Crippen LogP contribution in [0.5, 0.6) is 23.0 Å². The summed E-state index contributed by atoms with van der Waals surface area (Å²) in [6.07, 6.45) is 10.3. The number of phenols is 2. The van der Waals surface area contributed by atoms with Crippen LogP contribution in [0, 0.1) is 0 Å². The van der Waals surface area contributed by atoms with Crippen molar-refractivity contribution in [1.82, 2.24) is 29.3 Å². The third-order valence-corrected chi connectivity index (χ3v) is 11.3. The summed E-state index contributed by atoms with van der Waals surface area (Å²) in [6.45, 7) is 3.66. The van der Waals surface area contributed by atoms with Gasteiger partial charge in [-0.05, 0) is 110 Å². The van der Waals surface area contributed by atoms with E-state index in [2.05, 4.69) is 49.0 Å². The molecule has 2 fully saturated rings. The van der Waals surface area contributed by atoms with Crippen LogP contribution in [-0.4, -0.2) is 118 Å². The SMILES string of the molecule is COc1ccc(N2CCC(N(C)C(=O)Cl)CC2)cc1.COc1ccc(N2CCC(N(C)C(=O)n3cnc(-c4cccc(O)c4)c3)CC2)cc1.Oc1cccc(-c2cnc[nH]2)c1. The average molecular weight is 849 g/mol. The molecule has 8 rings (SSSR count). The molecule has 3 N–H and O–H groups in total. The lowest BCUT2D eigenvalue weighted by atomic mass is 10.0. The van der Waals surface area contributed by atoms with Crippen LogP contribution in [-0.2, 0) is 0 Å². The van der Waals surface area contributed by atoms with Crippen molar-refractivity contribution in [2.45, 2.75) is 37.8 Å². The number of amides is 2. The molecule has 4 aromatic carbocycles. The minimum absolute atomic E-state index is 0.100. The molecule has 2 aliphatic rings. The number of nitrogens with one attached hydrogen (secondary N) is 1. The van der Waals surface area contributed by atoms with Gasteiger partial charge in [0.05, 0.1) is 38.1 Å². The van der Waals surface area contributed by atoms with E-state index in [1.807, 2.05) is 43.4 Å². The van der Waals surface area contributed by atoms with Crippen LogP contribution >= 0.6 is 11.6 Å². The van der Waals surface area contributed by atoms with Crippen LogP contribution in [0.25, 0.3) is 22.5 Å². The van der Waals surface area contributed by atoms with Gasteiger partial charge in [-0.25, -0.2) is 14.8 Å². The summed E-state index contributed by atoms with van der Waals surface area (Å²) < 4.78 is 11.9. The van der Waals surface area contributed by atoms with Gasteiger partial charge in [0.15, 0.2) is 0 Å². The van der Waals surface area contributed by atoms with E-state index in [-0.39, 0.29) is 35.0 Å². The molecule has 4 heterocycles. The van der Waals surface area contributed by atoms with Gasteiger partial charge >= 0.3 is 11.4 Å². The minimum atomic E-state index is -0.372. The second-order valence-corrected chi connectivity index (χ2v) is 15.1. The van der Waals surface area contributed by atoms with Gasteiger partial charge in [-0.3, -0.25) is 9.36 Å². The summed E-state index contributed by atoms with van der Waals surface area (Å²) >= 11 is 5.51. The summed E-state index contributed by atoms with van der Waals surface area (Å²) in [5.41, 5.74) is 5.64. The first-order chi connectivity index (χ1) is 29.5. The number of phenolic OH excluding ortho intramolecular Hbond substituents is 2. The predicted molar refractivity (Wildman–Crippen MR) is 239 cm³/mol. The molecule has 61 heavy (non-hydrogen) atoms. The number of anilines is 2. The van der Waals surface area contributed by atoms with Crippen molar-refractivity contribution in [3.8, 4) is 45.5 Å². The quantitative estimate of drug-likeness (QED) is 0.100. The Labute approximate surface area is 361 Å². The Hall–Kier alpha value is -6.67. The molecule has 320 valence electrons. The van der Waals surface area contributed by atoms with Crippen LogP contribution < -0.4 is 19.3 Å². The number of aromatic amines is 1. The van der Waals surface area contributed by atoms with E-state index in [9.17, 15) is 19.8 Å². The molecule has 2 amide bonds. The van der Waals surface area contributed by atoms with Gasteiger partial charge < -0.3 is 44.3 Å². The Morgan fingerprint density at radius 3 is 1.67 bits per heavy atom. The number of ether oxygens (including phenoxy) is 2. The van der Waals surface area contributed by atoms with Gasteiger partial charge in [0.1, 0.15) is 29.3 Å². The number of aromatic nitrogens is 4. The summed E-state index contributed by atoms with van der Waals surface area (Å²) in [7, 11) is 6.95. The summed E-state index contributed by atoms with van der Waals surface area (Å²) in [5, 5.41) is 18.5. The first kappa shape index (κ1) is 43.9. The smallest absolute Gasteiger partial charge is 0.329 e. The largest absolute Gasteiger partial charge is 0.508 e. The van der Waals surface area contributed by atoms with Crippen LogP contribution in [0.1, 0.15) is 25.7 Å². The standard InChI is InChI=1S/C23H26N4O3.C14H19ClN2O2.C9H8N2O/c1-25(18-10-12-26(13-11-18)19-6-8-21(30-2)9-7-19)23(29)27-15-22(24-16-27)17-4-3-5-20(28)14-17;1-16(14(15)18)11-7-9-17(10-8-11)12-3-5-13(19-2)6-4-12;12-8-3-1-2-7(4-8)9-5-10-6-11-9/h3-9,14-16,18,28H,10-13H2,1-2H3;3-6,11H,7-10H2,1-2H3;1-6,12H,(H,10,11). The van der Waals surface area contributed by atoms with Gasteiger partial charge in [0.2, 0.25) is 0 Å². The molecule has 0 saturated carbocycles. The molecule has 6 aromatic rings. The second kappa shape index (κ2) is 21.0. The molecule has 2 aliphatic heterocycles. The van der Waals surface area contributed by atoms with Crippen LogP contribution in [0.2, 0.25) is 0 Å². The number of benzene rings is 4. The van der Waals surface area contributed by atoms with E-state index in [1.165, 1.54) is 22.3 Å². The highest BCUT2D eigenvalue weighted by Gasteiger charge is 2.27. The lowest BCUT2D eigenvalue weighted by molar-refractivity contribution is 0.181. The van der Waals surface area contributed by atoms with Gasteiger partial charge in [-0.15, -0.1) is 0 Å². The fourth-order valence-electron chi connectivity index (χ4n) is 7.42. The van der Waals surface area contributed by atoms with Crippen molar-refractivity contribution in [2.24, 2.45) is 0 Å². The van der Waals surface area contributed by atoms with Crippen LogP contribution in [0.15, 0.2) is 122 Å². The Kier molecular flexibility index (Phi) is 15.1. The summed E-state index contributed by atoms with van der Waals surface area (Å²) in [5.74, 6) is 2.16. The fraction of sp³-hybridized carbons (Fsp3) is 0.304. The minimum Gasteiger partial charge on any atom is -0.508 e. The molecular weight excluding hydrogens is 796 g/mol. The van der Waals surface area contributed by atoms with Gasteiger partial charge in [-0.1, -0.05) is 24.3 Å². The lowest BCUT2D eigenvalue weighted by Crippen LogP contribution is -2.46. The Morgan fingerprint density at radius 1 is 0.721 bits per heavy atom. The number of imidazole rings is 2. The molecule has 0 aliphatic carbocycles. The summed E-state index contributed by atoms with van der Waals surface area (Å²) in [4.78, 5) is 43.4.